The summed E-state index contributed by atoms with van der Waals surface area (Å²) in [6, 6.07) is -0.755. The van der Waals surface area contributed by atoms with Crippen molar-refractivity contribution in [1.82, 2.24) is 10.6 Å². The first-order valence-corrected chi connectivity index (χ1v) is 9.09. The Kier molecular flexibility index (Phi) is 4.75. The third-order valence-electron chi connectivity index (χ3n) is 4.36. The van der Waals surface area contributed by atoms with Crippen molar-refractivity contribution < 1.29 is 23.1 Å². The Bertz CT molecular complexity index is 513. The molecule has 0 spiro atoms. The van der Waals surface area contributed by atoms with E-state index in [1.54, 1.807) is 0 Å². The molecule has 21 heavy (non-hydrogen) atoms. The fourth-order valence-electron chi connectivity index (χ4n) is 3.05. The molecule has 3 N–H and O–H groups in total. The minimum absolute atomic E-state index is 0.0132. The Morgan fingerprint density at radius 2 is 1.95 bits per heavy atom. The van der Waals surface area contributed by atoms with Gasteiger partial charge in [-0.15, -0.1) is 0 Å². The number of hydrogen-bond donors (Lipinski definition) is 3. The van der Waals surface area contributed by atoms with E-state index >= 15 is 0 Å². The maximum atomic E-state index is 11.8. The van der Waals surface area contributed by atoms with Crippen LogP contribution in [0.25, 0.3) is 0 Å². The predicted octanol–water partition coefficient (Wildman–Crippen LogP) is 0.508. The molecule has 0 aromatic carbocycles. The van der Waals surface area contributed by atoms with Crippen molar-refractivity contribution in [1.29, 1.82) is 0 Å². The second-order valence-corrected chi connectivity index (χ2v) is 8.43. The number of aliphatic carboxylic acids is 1. The van der Waals surface area contributed by atoms with Crippen LogP contribution in [0.3, 0.4) is 0 Å². The number of carboxylic acid groups (broad SMARTS) is 1. The molecule has 1 aliphatic carbocycles. The zero-order valence-electron chi connectivity index (χ0n) is 11.9. The van der Waals surface area contributed by atoms with Gasteiger partial charge in [-0.1, -0.05) is 6.42 Å². The highest BCUT2D eigenvalue weighted by molar-refractivity contribution is 7.91. The van der Waals surface area contributed by atoms with Gasteiger partial charge in [-0.3, -0.25) is 4.79 Å². The molecule has 8 heteroatoms. The summed E-state index contributed by atoms with van der Waals surface area (Å²) in [6.45, 7) is 0.324. The minimum atomic E-state index is -3.05. The molecular weight excluding hydrogens is 296 g/mol. The molecule has 7 nitrogen and oxygen atoms in total. The maximum absolute atomic E-state index is 11.8. The Hall–Kier alpha value is -1.31. The lowest BCUT2D eigenvalue weighted by atomic mass is 9.66. The summed E-state index contributed by atoms with van der Waals surface area (Å²) >= 11 is 0. The fraction of sp³-hybridized carbons (Fsp3) is 0.846. The van der Waals surface area contributed by atoms with E-state index < -0.39 is 21.8 Å². The minimum Gasteiger partial charge on any atom is -0.481 e. The van der Waals surface area contributed by atoms with Crippen LogP contribution in [-0.4, -0.2) is 49.6 Å². The van der Waals surface area contributed by atoms with E-state index in [1.807, 2.05) is 0 Å². The van der Waals surface area contributed by atoms with Gasteiger partial charge in [0.25, 0.3) is 0 Å². The van der Waals surface area contributed by atoms with Gasteiger partial charge in [0.05, 0.1) is 17.9 Å². The molecule has 1 saturated carbocycles. The molecule has 1 aliphatic heterocycles. The second kappa shape index (κ2) is 6.21. The lowest BCUT2D eigenvalue weighted by molar-refractivity contribution is -0.141. The number of sulfone groups is 1. The largest absolute Gasteiger partial charge is 0.481 e. The highest BCUT2D eigenvalue weighted by atomic mass is 32.2. The average Bonchev–Trinajstić information content (AvgIpc) is 2.30. The number of nitrogens with one attached hydrogen (secondary N) is 2. The summed E-state index contributed by atoms with van der Waals surface area (Å²) in [5, 5.41) is 14.3. The number of carboxylic acids is 1. The normalized spacial score (nSPS) is 26.4. The Balaban J connectivity index is 1.78. The van der Waals surface area contributed by atoms with Gasteiger partial charge in [0.2, 0.25) is 0 Å². The highest BCUT2D eigenvalue weighted by Crippen LogP contribution is 2.43. The molecule has 0 bridgehead atoms. The monoisotopic (exact) mass is 318 g/mol. The molecule has 2 amide bonds. The third kappa shape index (κ3) is 4.59. The van der Waals surface area contributed by atoms with Crippen LogP contribution in [0.1, 0.15) is 38.5 Å². The number of hydrogen-bond acceptors (Lipinski definition) is 4. The van der Waals surface area contributed by atoms with Gasteiger partial charge in [-0.2, -0.15) is 0 Å². The predicted molar refractivity (Wildman–Crippen MR) is 76.7 cm³/mol. The summed E-state index contributed by atoms with van der Waals surface area (Å²) in [5.74, 6) is -0.676. The lowest BCUT2D eigenvalue weighted by Gasteiger charge is -2.41. The number of urea groups is 1. The van der Waals surface area contributed by atoms with Crippen LogP contribution in [0, 0.1) is 5.41 Å². The SMILES string of the molecule is O=C(O)CC1(CNC(=O)NC2CCCS(=O)(=O)C2)CCC1. The van der Waals surface area contributed by atoms with Crippen LogP contribution < -0.4 is 10.6 Å². The molecule has 0 radical (unpaired) electrons. The van der Waals surface area contributed by atoms with Crippen LogP contribution in [0.15, 0.2) is 0 Å². The van der Waals surface area contributed by atoms with Crippen molar-refractivity contribution in [3.63, 3.8) is 0 Å². The van der Waals surface area contributed by atoms with Crippen molar-refractivity contribution in [2.45, 2.75) is 44.6 Å². The van der Waals surface area contributed by atoms with E-state index in [-0.39, 0.29) is 29.4 Å². The van der Waals surface area contributed by atoms with E-state index in [4.69, 9.17) is 5.11 Å². The first-order chi connectivity index (χ1) is 9.80. The Morgan fingerprint density at radius 3 is 2.48 bits per heavy atom. The quantitative estimate of drug-likeness (QED) is 0.683. The van der Waals surface area contributed by atoms with E-state index in [9.17, 15) is 18.0 Å². The zero-order chi connectivity index (χ0) is 15.5. The van der Waals surface area contributed by atoms with E-state index in [0.717, 1.165) is 19.3 Å². The van der Waals surface area contributed by atoms with Crippen LogP contribution >= 0.6 is 0 Å². The van der Waals surface area contributed by atoms with Crippen molar-refractivity contribution in [2.75, 3.05) is 18.1 Å². The molecule has 2 rings (SSSR count). The fourth-order valence-corrected chi connectivity index (χ4v) is 4.69. The van der Waals surface area contributed by atoms with Gasteiger partial charge in [0, 0.05) is 12.6 Å². The first kappa shape index (κ1) is 16.1. The Labute approximate surface area is 124 Å². The molecule has 1 heterocycles. The van der Waals surface area contributed by atoms with Crippen LogP contribution in [0.4, 0.5) is 4.79 Å². The molecule has 0 aromatic rings. The number of amides is 2. The first-order valence-electron chi connectivity index (χ1n) is 7.27. The molecule has 1 unspecified atom stereocenters. The summed E-state index contributed by atoms with van der Waals surface area (Å²) < 4.78 is 23.0. The molecule has 1 saturated heterocycles. The molecule has 2 aliphatic rings. The van der Waals surface area contributed by atoms with Crippen LogP contribution in [0.2, 0.25) is 0 Å². The highest BCUT2D eigenvalue weighted by Gasteiger charge is 2.39. The molecule has 2 fully saturated rings. The van der Waals surface area contributed by atoms with Gasteiger partial charge in [-0.25, -0.2) is 13.2 Å². The molecule has 1 atom stereocenters. The number of carbonyl (C=O) groups is 2. The topological polar surface area (TPSA) is 113 Å². The van der Waals surface area contributed by atoms with Crippen LogP contribution in [0.5, 0.6) is 0 Å². The van der Waals surface area contributed by atoms with E-state index in [2.05, 4.69) is 10.6 Å². The van der Waals surface area contributed by atoms with Crippen molar-refractivity contribution >= 4 is 21.8 Å². The number of carbonyl (C=O) groups excluding carboxylic acids is 1. The third-order valence-corrected chi connectivity index (χ3v) is 6.18. The lowest BCUT2D eigenvalue weighted by Crippen LogP contribution is -2.51. The summed E-state index contributed by atoms with van der Waals surface area (Å²) in [5.41, 5.74) is -0.332. The summed E-state index contributed by atoms with van der Waals surface area (Å²) in [6.07, 6.45) is 3.88. The molecule has 0 aromatic heterocycles. The summed E-state index contributed by atoms with van der Waals surface area (Å²) in [4.78, 5) is 22.7. The maximum Gasteiger partial charge on any atom is 0.315 e. The van der Waals surface area contributed by atoms with Crippen molar-refractivity contribution in [3.8, 4) is 0 Å². The van der Waals surface area contributed by atoms with Gasteiger partial charge in [0.15, 0.2) is 9.84 Å². The second-order valence-electron chi connectivity index (χ2n) is 6.20. The molecule has 120 valence electrons. The average molecular weight is 318 g/mol. The van der Waals surface area contributed by atoms with Gasteiger partial charge in [0.1, 0.15) is 0 Å². The molecular formula is C13H22N2O5S. The van der Waals surface area contributed by atoms with Crippen molar-refractivity contribution in [3.05, 3.63) is 0 Å². The van der Waals surface area contributed by atoms with E-state index in [0.29, 0.717) is 19.4 Å². The van der Waals surface area contributed by atoms with E-state index in [1.165, 1.54) is 0 Å². The standard InChI is InChI=1S/C13H22N2O5S/c16-11(17)7-13(4-2-5-13)9-14-12(18)15-10-3-1-6-21(19,20)8-10/h10H,1-9H2,(H,16,17)(H2,14,15,18). The number of rotatable bonds is 5. The Morgan fingerprint density at radius 1 is 1.24 bits per heavy atom. The van der Waals surface area contributed by atoms with Gasteiger partial charge in [-0.05, 0) is 31.1 Å². The van der Waals surface area contributed by atoms with Crippen LogP contribution in [-0.2, 0) is 14.6 Å². The smallest absolute Gasteiger partial charge is 0.315 e. The summed E-state index contributed by atoms with van der Waals surface area (Å²) in [7, 11) is -3.05. The van der Waals surface area contributed by atoms with Crippen molar-refractivity contribution in [2.24, 2.45) is 5.41 Å². The zero-order valence-corrected chi connectivity index (χ0v) is 12.7. The van der Waals surface area contributed by atoms with Gasteiger partial charge >= 0.3 is 12.0 Å². The van der Waals surface area contributed by atoms with Gasteiger partial charge < -0.3 is 15.7 Å².